The number of halogens is 1. The lowest BCUT2D eigenvalue weighted by Crippen LogP contribution is -2.26. The summed E-state index contributed by atoms with van der Waals surface area (Å²) in [6.45, 7) is 5.32. The van der Waals surface area contributed by atoms with Gasteiger partial charge in [-0.1, -0.05) is 32.0 Å². The highest BCUT2D eigenvalue weighted by atomic mass is 19.1. The molecule has 1 amide bonds. The second-order valence-corrected chi connectivity index (χ2v) is 5.97. The summed E-state index contributed by atoms with van der Waals surface area (Å²) in [5.74, 6) is 0.461. The molecule has 0 spiro atoms. The van der Waals surface area contributed by atoms with Crippen molar-refractivity contribution in [2.75, 3.05) is 18.4 Å². The number of hydrogen-bond donors (Lipinski definition) is 2. The molecule has 1 aromatic heterocycles. The summed E-state index contributed by atoms with van der Waals surface area (Å²) in [5, 5.41) is 5.86. The molecule has 0 aliphatic carbocycles. The van der Waals surface area contributed by atoms with E-state index in [0.29, 0.717) is 42.6 Å². The summed E-state index contributed by atoms with van der Waals surface area (Å²) in [6.07, 6.45) is 2.97. The van der Waals surface area contributed by atoms with Crippen LogP contribution in [-0.4, -0.2) is 29.0 Å². The van der Waals surface area contributed by atoms with Crippen LogP contribution in [0.25, 0.3) is 0 Å². The molecule has 24 heavy (non-hydrogen) atoms. The van der Waals surface area contributed by atoms with E-state index in [1.807, 2.05) is 0 Å². The standard InChI is InChI=1S/C18H23FN4O/c1-13(2)7-10-20-17(24)16-9-12-22-18(23-16)21-11-8-14-5-3-4-6-15(14)19/h3-6,9,12-13H,7-8,10-11H2,1-2H3,(H,20,24)(H,21,22,23). The fourth-order valence-corrected chi connectivity index (χ4v) is 2.15. The third-order valence-corrected chi connectivity index (χ3v) is 3.53. The summed E-state index contributed by atoms with van der Waals surface area (Å²) >= 11 is 0. The lowest BCUT2D eigenvalue weighted by atomic mass is 10.1. The van der Waals surface area contributed by atoms with E-state index in [0.717, 1.165) is 6.42 Å². The van der Waals surface area contributed by atoms with E-state index >= 15 is 0 Å². The Morgan fingerprint density at radius 3 is 2.75 bits per heavy atom. The second-order valence-electron chi connectivity index (χ2n) is 5.97. The maximum Gasteiger partial charge on any atom is 0.270 e. The average Bonchev–Trinajstić information content (AvgIpc) is 2.56. The minimum Gasteiger partial charge on any atom is -0.354 e. The topological polar surface area (TPSA) is 66.9 Å². The fraction of sp³-hybridized carbons (Fsp3) is 0.389. The normalized spacial score (nSPS) is 10.7. The van der Waals surface area contributed by atoms with Crippen LogP contribution >= 0.6 is 0 Å². The number of rotatable bonds is 8. The molecule has 2 aromatic rings. The Kier molecular flexibility index (Phi) is 6.66. The third kappa shape index (κ3) is 5.61. The van der Waals surface area contributed by atoms with Crippen LogP contribution < -0.4 is 10.6 Å². The Hall–Kier alpha value is -2.50. The van der Waals surface area contributed by atoms with Gasteiger partial charge in [0.1, 0.15) is 11.5 Å². The molecule has 0 bridgehead atoms. The quantitative estimate of drug-likeness (QED) is 0.781. The number of anilines is 1. The maximum atomic E-state index is 13.5. The number of nitrogens with zero attached hydrogens (tertiary/aromatic N) is 2. The molecule has 0 radical (unpaired) electrons. The molecule has 0 atom stereocenters. The van der Waals surface area contributed by atoms with Gasteiger partial charge in [0.15, 0.2) is 0 Å². The largest absolute Gasteiger partial charge is 0.354 e. The van der Waals surface area contributed by atoms with Crippen LogP contribution in [0, 0.1) is 11.7 Å². The van der Waals surface area contributed by atoms with Crippen LogP contribution in [0.1, 0.15) is 36.3 Å². The van der Waals surface area contributed by atoms with Crippen molar-refractivity contribution >= 4 is 11.9 Å². The summed E-state index contributed by atoms with van der Waals surface area (Å²) in [7, 11) is 0. The van der Waals surface area contributed by atoms with Gasteiger partial charge in [-0.15, -0.1) is 0 Å². The molecule has 1 heterocycles. The summed E-state index contributed by atoms with van der Waals surface area (Å²) in [6, 6.07) is 8.23. The number of amides is 1. The highest BCUT2D eigenvalue weighted by Crippen LogP contribution is 2.08. The van der Waals surface area contributed by atoms with E-state index < -0.39 is 0 Å². The smallest absolute Gasteiger partial charge is 0.270 e. The molecule has 5 nitrogen and oxygen atoms in total. The van der Waals surface area contributed by atoms with Gasteiger partial charge in [-0.3, -0.25) is 4.79 Å². The monoisotopic (exact) mass is 330 g/mol. The van der Waals surface area contributed by atoms with Gasteiger partial charge in [-0.05, 0) is 36.5 Å². The summed E-state index contributed by atoms with van der Waals surface area (Å²) in [5.41, 5.74) is 0.953. The van der Waals surface area contributed by atoms with Gasteiger partial charge >= 0.3 is 0 Å². The first kappa shape index (κ1) is 17.8. The van der Waals surface area contributed by atoms with Gasteiger partial charge in [0.2, 0.25) is 5.95 Å². The maximum absolute atomic E-state index is 13.5. The minimum atomic E-state index is -0.224. The number of carbonyl (C=O) groups excluding carboxylic acids is 1. The van der Waals surface area contributed by atoms with E-state index in [1.165, 1.54) is 12.3 Å². The molecule has 0 aliphatic rings. The minimum absolute atomic E-state index is 0.213. The van der Waals surface area contributed by atoms with Crippen molar-refractivity contribution in [2.45, 2.75) is 26.7 Å². The van der Waals surface area contributed by atoms with Crippen LogP contribution in [0.3, 0.4) is 0 Å². The third-order valence-electron chi connectivity index (χ3n) is 3.53. The van der Waals surface area contributed by atoms with Crippen LogP contribution in [0.5, 0.6) is 0 Å². The SMILES string of the molecule is CC(C)CCNC(=O)c1ccnc(NCCc2ccccc2F)n1. The van der Waals surface area contributed by atoms with Gasteiger partial charge in [0.25, 0.3) is 5.91 Å². The molecule has 0 saturated heterocycles. The Morgan fingerprint density at radius 2 is 2.00 bits per heavy atom. The number of nitrogens with one attached hydrogen (secondary N) is 2. The molecule has 0 fully saturated rings. The van der Waals surface area contributed by atoms with Crippen molar-refractivity contribution in [1.82, 2.24) is 15.3 Å². The van der Waals surface area contributed by atoms with E-state index in [1.54, 1.807) is 24.3 Å². The van der Waals surface area contributed by atoms with E-state index in [2.05, 4.69) is 34.4 Å². The van der Waals surface area contributed by atoms with Crippen molar-refractivity contribution in [3.8, 4) is 0 Å². The highest BCUT2D eigenvalue weighted by Gasteiger charge is 2.08. The zero-order chi connectivity index (χ0) is 17.4. The van der Waals surface area contributed by atoms with E-state index in [4.69, 9.17) is 0 Å². The second kappa shape index (κ2) is 8.96. The van der Waals surface area contributed by atoms with Crippen molar-refractivity contribution in [1.29, 1.82) is 0 Å². The molecular weight excluding hydrogens is 307 g/mol. The molecule has 0 saturated carbocycles. The Bertz CT molecular complexity index is 676. The summed E-state index contributed by atoms with van der Waals surface area (Å²) in [4.78, 5) is 20.3. The van der Waals surface area contributed by atoms with Crippen LogP contribution in [0.15, 0.2) is 36.5 Å². The molecule has 0 aliphatic heterocycles. The molecule has 2 rings (SSSR count). The first-order valence-electron chi connectivity index (χ1n) is 8.15. The van der Waals surface area contributed by atoms with Crippen LogP contribution in [0.2, 0.25) is 0 Å². The predicted octanol–water partition coefficient (Wildman–Crippen LogP) is 3.05. The molecule has 1 aromatic carbocycles. The number of aromatic nitrogens is 2. The van der Waals surface area contributed by atoms with Crippen molar-refractivity contribution in [3.63, 3.8) is 0 Å². The first-order valence-corrected chi connectivity index (χ1v) is 8.15. The van der Waals surface area contributed by atoms with Gasteiger partial charge in [0, 0.05) is 19.3 Å². The van der Waals surface area contributed by atoms with Crippen LogP contribution in [0.4, 0.5) is 10.3 Å². The summed E-state index contributed by atoms with van der Waals surface area (Å²) < 4.78 is 13.5. The van der Waals surface area contributed by atoms with Crippen molar-refractivity contribution in [3.05, 3.63) is 53.6 Å². The van der Waals surface area contributed by atoms with Gasteiger partial charge in [-0.2, -0.15) is 0 Å². The van der Waals surface area contributed by atoms with Gasteiger partial charge < -0.3 is 10.6 Å². The number of carbonyl (C=O) groups is 1. The van der Waals surface area contributed by atoms with Gasteiger partial charge in [-0.25, -0.2) is 14.4 Å². The molecular formula is C18H23FN4O. The molecule has 0 unspecified atom stereocenters. The van der Waals surface area contributed by atoms with Crippen molar-refractivity contribution in [2.24, 2.45) is 5.92 Å². The molecule has 2 N–H and O–H groups in total. The zero-order valence-electron chi connectivity index (χ0n) is 14.1. The highest BCUT2D eigenvalue weighted by molar-refractivity contribution is 5.92. The number of hydrogen-bond acceptors (Lipinski definition) is 4. The Morgan fingerprint density at radius 1 is 1.21 bits per heavy atom. The molecule has 128 valence electrons. The number of benzene rings is 1. The first-order chi connectivity index (χ1) is 11.6. The Labute approximate surface area is 141 Å². The average molecular weight is 330 g/mol. The molecule has 6 heteroatoms. The Balaban J connectivity index is 1.86. The van der Waals surface area contributed by atoms with Crippen molar-refractivity contribution < 1.29 is 9.18 Å². The lowest BCUT2D eigenvalue weighted by Gasteiger charge is -2.08. The van der Waals surface area contributed by atoms with E-state index in [9.17, 15) is 9.18 Å². The predicted molar refractivity (Wildman–Crippen MR) is 92.4 cm³/mol. The fourth-order valence-electron chi connectivity index (χ4n) is 2.15. The van der Waals surface area contributed by atoms with Gasteiger partial charge in [0.05, 0.1) is 0 Å². The van der Waals surface area contributed by atoms with Crippen LogP contribution in [-0.2, 0) is 6.42 Å². The zero-order valence-corrected chi connectivity index (χ0v) is 14.1. The lowest BCUT2D eigenvalue weighted by molar-refractivity contribution is 0.0947. The van der Waals surface area contributed by atoms with E-state index in [-0.39, 0.29) is 11.7 Å².